The number of rotatable bonds is 3. The van der Waals surface area contributed by atoms with Crippen molar-refractivity contribution < 1.29 is 19.4 Å². The summed E-state index contributed by atoms with van der Waals surface area (Å²) in [5.74, 6) is 0.841. The molecule has 1 heterocycles. The second kappa shape index (κ2) is 6.13. The highest BCUT2D eigenvalue weighted by molar-refractivity contribution is 6.30. The summed E-state index contributed by atoms with van der Waals surface area (Å²) in [5.41, 5.74) is 1.58. The van der Waals surface area contributed by atoms with E-state index in [0.29, 0.717) is 33.3 Å². The number of hydrogen-bond acceptors (Lipinski definition) is 5. The van der Waals surface area contributed by atoms with Gasteiger partial charge in [0, 0.05) is 23.7 Å². The number of aromatic hydroxyl groups is 1. The van der Waals surface area contributed by atoms with Gasteiger partial charge in [-0.05, 0) is 24.3 Å². The fourth-order valence-corrected chi connectivity index (χ4v) is 2.94. The van der Waals surface area contributed by atoms with Gasteiger partial charge in [0.05, 0.1) is 25.5 Å². The third-order valence-electron chi connectivity index (χ3n) is 4.04. The molecule has 24 heavy (non-hydrogen) atoms. The van der Waals surface area contributed by atoms with Crippen LogP contribution in [0.1, 0.15) is 22.1 Å². The maximum absolute atomic E-state index is 12.7. The van der Waals surface area contributed by atoms with Crippen molar-refractivity contribution in [2.45, 2.75) is 6.17 Å². The molecule has 0 aliphatic carbocycles. The Hall–Kier alpha value is -2.60. The van der Waals surface area contributed by atoms with Crippen LogP contribution in [-0.2, 0) is 0 Å². The van der Waals surface area contributed by atoms with Crippen molar-refractivity contribution in [3.63, 3.8) is 0 Å². The van der Waals surface area contributed by atoms with E-state index in [0.717, 1.165) is 0 Å². The average Bonchev–Trinajstić information content (AvgIpc) is 2.59. The van der Waals surface area contributed by atoms with Gasteiger partial charge in [-0.2, -0.15) is 0 Å². The van der Waals surface area contributed by atoms with Gasteiger partial charge in [0.25, 0.3) is 5.91 Å². The van der Waals surface area contributed by atoms with Gasteiger partial charge >= 0.3 is 0 Å². The van der Waals surface area contributed by atoms with Crippen LogP contribution in [0.5, 0.6) is 17.2 Å². The van der Waals surface area contributed by atoms with Gasteiger partial charge in [-0.3, -0.25) is 4.79 Å². The number of nitrogens with zero attached hydrogens (tertiary/aromatic N) is 1. The lowest BCUT2D eigenvalue weighted by Gasteiger charge is -2.36. The lowest BCUT2D eigenvalue weighted by atomic mass is 10.0. The van der Waals surface area contributed by atoms with Crippen LogP contribution < -0.4 is 14.8 Å². The Labute approximate surface area is 144 Å². The molecule has 0 unspecified atom stereocenters. The molecule has 0 radical (unpaired) electrons. The summed E-state index contributed by atoms with van der Waals surface area (Å²) in [6.45, 7) is 0. The van der Waals surface area contributed by atoms with Crippen LogP contribution >= 0.6 is 11.6 Å². The standard InChI is InChI=1S/C17H17ClN2O4/c1-20-16(11-6-9(18)4-5-13(11)21)19-12-8-15(24-3)14(23-2)7-10(12)17(20)22/h4-8,16,19,21H,1-3H3/t16-/m0/s1. The molecule has 1 aliphatic heterocycles. The largest absolute Gasteiger partial charge is 0.508 e. The summed E-state index contributed by atoms with van der Waals surface area (Å²) in [5, 5.41) is 13.9. The molecule has 0 fully saturated rings. The van der Waals surface area contributed by atoms with Crippen molar-refractivity contribution in [3.05, 3.63) is 46.5 Å². The van der Waals surface area contributed by atoms with E-state index >= 15 is 0 Å². The van der Waals surface area contributed by atoms with Gasteiger partial charge in [0.2, 0.25) is 0 Å². The number of carbonyl (C=O) groups is 1. The minimum absolute atomic E-state index is 0.0560. The molecule has 1 aliphatic rings. The molecule has 3 rings (SSSR count). The van der Waals surface area contributed by atoms with Crippen LogP contribution in [0.4, 0.5) is 5.69 Å². The number of nitrogens with one attached hydrogen (secondary N) is 1. The Morgan fingerprint density at radius 2 is 1.83 bits per heavy atom. The quantitative estimate of drug-likeness (QED) is 0.890. The zero-order valence-electron chi connectivity index (χ0n) is 13.5. The summed E-state index contributed by atoms with van der Waals surface area (Å²) >= 11 is 6.03. The van der Waals surface area contributed by atoms with E-state index in [-0.39, 0.29) is 11.7 Å². The van der Waals surface area contributed by atoms with Crippen LogP contribution in [0.2, 0.25) is 5.02 Å². The lowest BCUT2D eigenvalue weighted by molar-refractivity contribution is 0.0733. The zero-order valence-corrected chi connectivity index (χ0v) is 14.2. The third kappa shape index (κ3) is 2.59. The summed E-state index contributed by atoms with van der Waals surface area (Å²) in [4.78, 5) is 14.2. The van der Waals surface area contributed by atoms with Gasteiger partial charge in [-0.25, -0.2) is 0 Å². The zero-order chi connectivity index (χ0) is 17.4. The van der Waals surface area contributed by atoms with Crippen LogP contribution in [0.25, 0.3) is 0 Å². The number of methoxy groups -OCH3 is 2. The third-order valence-corrected chi connectivity index (χ3v) is 4.27. The van der Waals surface area contributed by atoms with Gasteiger partial charge in [0.1, 0.15) is 11.9 Å². The molecule has 7 heteroatoms. The van der Waals surface area contributed by atoms with E-state index in [1.54, 1.807) is 31.3 Å². The highest BCUT2D eigenvalue weighted by atomic mass is 35.5. The van der Waals surface area contributed by atoms with E-state index in [1.807, 2.05) is 0 Å². The number of phenols is 1. The van der Waals surface area contributed by atoms with E-state index in [1.165, 1.54) is 25.2 Å². The molecule has 2 aromatic carbocycles. The molecule has 1 atom stereocenters. The first-order valence-electron chi connectivity index (χ1n) is 7.24. The second-order valence-electron chi connectivity index (χ2n) is 5.42. The second-order valence-corrected chi connectivity index (χ2v) is 5.86. The van der Waals surface area contributed by atoms with Crippen molar-refractivity contribution in [1.29, 1.82) is 0 Å². The monoisotopic (exact) mass is 348 g/mol. The number of anilines is 1. The van der Waals surface area contributed by atoms with Crippen LogP contribution in [0.15, 0.2) is 30.3 Å². The number of amides is 1. The molecule has 2 N–H and O–H groups in total. The smallest absolute Gasteiger partial charge is 0.257 e. The summed E-state index contributed by atoms with van der Waals surface area (Å²) in [6.07, 6.45) is -0.554. The van der Waals surface area contributed by atoms with Crippen molar-refractivity contribution in [2.24, 2.45) is 0 Å². The number of benzene rings is 2. The lowest BCUT2D eigenvalue weighted by Crippen LogP contribution is -2.40. The maximum atomic E-state index is 12.7. The number of carbonyl (C=O) groups excluding carboxylic acids is 1. The molecule has 0 saturated carbocycles. The predicted octanol–water partition coefficient (Wildman–Crippen LogP) is 3.26. The van der Waals surface area contributed by atoms with Crippen molar-refractivity contribution >= 4 is 23.2 Å². The first-order valence-corrected chi connectivity index (χ1v) is 7.62. The first kappa shape index (κ1) is 16.3. The summed E-state index contributed by atoms with van der Waals surface area (Å²) < 4.78 is 10.5. The minimum Gasteiger partial charge on any atom is -0.508 e. The van der Waals surface area contributed by atoms with Crippen molar-refractivity contribution in [3.8, 4) is 17.2 Å². The molecule has 2 aromatic rings. The molecule has 0 aromatic heterocycles. The van der Waals surface area contributed by atoms with Crippen LogP contribution in [0, 0.1) is 0 Å². The maximum Gasteiger partial charge on any atom is 0.257 e. The van der Waals surface area contributed by atoms with Crippen LogP contribution in [0.3, 0.4) is 0 Å². The van der Waals surface area contributed by atoms with Gasteiger partial charge in [-0.1, -0.05) is 11.6 Å². The molecule has 126 valence electrons. The molecule has 6 nitrogen and oxygen atoms in total. The Morgan fingerprint density at radius 3 is 2.50 bits per heavy atom. The molecular weight excluding hydrogens is 332 g/mol. The SMILES string of the molecule is COc1cc2c(cc1OC)C(=O)N(C)[C@@H](c1cc(Cl)ccc1O)N2. The number of ether oxygens (including phenoxy) is 2. The van der Waals surface area contributed by atoms with E-state index in [4.69, 9.17) is 21.1 Å². The van der Waals surface area contributed by atoms with Gasteiger partial charge in [-0.15, -0.1) is 0 Å². The van der Waals surface area contributed by atoms with E-state index in [2.05, 4.69) is 5.32 Å². The fourth-order valence-electron chi connectivity index (χ4n) is 2.76. The van der Waals surface area contributed by atoms with Crippen molar-refractivity contribution in [2.75, 3.05) is 26.6 Å². The minimum atomic E-state index is -0.554. The molecule has 0 bridgehead atoms. The van der Waals surface area contributed by atoms with Crippen LogP contribution in [-0.4, -0.2) is 37.2 Å². The van der Waals surface area contributed by atoms with Gasteiger partial charge < -0.3 is 24.8 Å². The Morgan fingerprint density at radius 1 is 1.17 bits per heavy atom. The van der Waals surface area contributed by atoms with E-state index in [9.17, 15) is 9.90 Å². The molecule has 0 saturated heterocycles. The summed E-state index contributed by atoms with van der Waals surface area (Å²) in [6, 6.07) is 8.06. The number of halogens is 1. The van der Waals surface area contributed by atoms with E-state index < -0.39 is 6.17 Å². The molecule has 0 spiro atoms. The number of hydrogen-bond donors (Lipinski definition) is 2. The molecular formula is C17H17ClN2O4. The number of phenolic OH excluding ortho intramolecular Hbond substituents is 1. The topological polar surface area (TPSA) is 71.0 Å². The predicted molar refractivity (Wildman–Crippen MR) is 91.1 cm³/mol. The highest BCUT2D eigenvalue weighted by Crippen LogP contribution is 2.41. The molecule has 1 amide bonds. The fraction of sp³-hybridized carbons (Fsp3) is 0.235. The average molecular weight is 349 g/mol. The Balaban J connectivity index is 2.10. The number of fused-ring (bicyclic) bond motifs is 1. The highest BCUT2D eigenvalue weighted by Gasteiger charge is 2.33. The summed E-state index contributed by atoms with van der Waals surface area (Å²) in [7, 11) is 4.70. The Bertz CT molecular complexity index is 809. The Kier molecular flexibility index (Phi) is 4.15. The first-order chi connectivity index (χ1) is 11.5. The van der Waals surface area contributed by atoms with Gasteiger partial charge in [0.15, 0.2) is 11.5 Å². The normalized spacial score (nSPS) is 16.4. The van der Waals surface area contributed by atoms with Crippen molar-refractivity contribution in [1.82, 2.24) is 4.90 Å².